The van der Waals surface area contributed by atoms with Crippen LogP contribution in [-0.4, -0.2) is 48.4 Å². The third kappa shape index (κ3) is 6.38. The largest absolute Gasteiger partial charge is 0.444 e. The molecule has 4 nitrogen and oxygen atoms in total. The van der Waals surface area contributed by atoms with E-state index in [0.717, 1.165) is 18.4 Å². The third-order valence-corrected chi connectivity index (χ3v) is 4.32. The summed E-state index contributed by atoms with van der Waals surface area (Å²) in [4.78, 5) is 13.8. The van der Waals surface area contributed by atoms with Crippen molar-refractivity contribution in [3.63, 3.8) is 0 Å². The Morgan fingerprint density at radius 1 is 1.28 bits per heavy atom. The normalized spacial score (nSPS) is 22.3. The molecule has 1 heterocycles. The van der Waals surface area contributed by atoms with Crippen LogP contribution in [0, 0.1) is 0 Å². The number of alkyl halides is 3. The zero-order valence-corrected chi connectivity index (χ0v) is 15.1. The van der Waals surface area contributed by atoms with Crippen molar-refractivity contribution >= 4 is 6.09 Å². The smallest absolute Gasteiger partial charge is 0.412 e. The Morgan fingerprint density at radius 2 is 2.00 bits per heavy atom. The molecule has 0 radical (unpaired) electrons. The minimum atomic E-state index is -4.22. The minimum Gasteiger partial charge on any atom is -0.444 e. The molecule has 2 rings (SSSR count). The van der Waals surface area contributed by atoms with Crippen molar-refractivity contribution in [1.29, 1.82) is 0 Å². The van der Waals surface area contributed by atoms with Crippen molar-refractivity contribution in [2.45, 2.75) is 64.3 Å². The first-order chi connectivity index (χ1) is 11.5. The maximum Gasteiger partial charge on any atom is 0.412 e. The lowest BCUT2D eigenvalue weighted by molar-refractivity contribution is -0.0941. The molecule has 7 heteroatoms. The molecule has 1 amide bonds. The highest BCUT2D eigenvalue weighted by atomic mass is 19.4. The molecule has 0 spiro atoms. The summed E-state index contributed by atoms with van der Waals surface area (Å²) in [7, 11) is 0. The van der Waals surface area contributed by atoms with Crippen molar-refractivity contribution in [1.82, 2.24) is 10.2 Å². The summed E-state index contributed by atoms with van der Waals surface area (Å²) >= 11 is 0. The number of hydrogen-bond acceptors (Lipinski definition) is 3. The van der Waals surface area contributed by atoms with Gasteiger partial charge in [-0.05, 0) is 46.5 Å². The van der Waals surface area contributed by atoms with Crippen LogP contribution in [0.5, 0.6) is 0 Å². The van der Waals surface area contributed by atoms with E-state index < -0.39 is 17.4 Å². The highest BCUT2D eigenvalue weighted by Crippen LogP contribution is 2.33. The molecule has 1 fully saturated rings. The monoisotopic (exact) mass is 360 g/mol. The zero-order chi connectivity index (χ0) is 18.7. The van der Waals surface area contributed by atoms with E-state index in [1.54, 1.807) is 11.0 Å². The molecule has 1 atom stereocenters. The molecule has 0 aromatic carbocycles. The maximum atomic E-state index is 12.6. The Bertz CT molecular complexity index is 548. The molecule has 1 saturated heterocycles. The molecule has 0 unspecified atom stereocenters. The number of carbonyl (C=O) groups excluding carboxylic acids is 1. The van der Waals surface area contributed by atoms with Gasteiger partial charge in [-0.1, -0.05) is 17.7 Å². The summed E-state index contributed by atoms with van der Waals surface area (Å²) in [6.45, 7) is 7.37. The van der Waals surface area contributed by atoms with Crippen LogP contribution in [0.25, 0.3) is 0 Å². The Kier molecular flexibility index (Phi) is 6.19. The van der Waals surface area contributed by atoms with E-state index in [4.69, 9.17) is 4.74 Å². The van der Waals surface area contributed by atoms with Crippen molar-refractivity contribution < 1.29 is 22.7 Å². The van der Waals surface area contributed by atoms with E-state index in [0.29, 0.717) is 26.1 Å². The van der Waals surface area contributed by atoms with Crippen molar-refractivity contribution in [2.75, 3.05) is 19.6 Å². The standard InChI is InChI=1S/C18H27F3N2O2/c1-17(2,3)25-16(24)23-11-10-22-15(12-23)9-6-13-4-7-14(8-5-13)18(19,20)21/h4,7,15,22H,5-6,8-12H2,1-3H3/t15-/m1/s1. The Morgan fingerprint density at radius 3 is 2.56 bits per heavy atom. The van der Waals surface area contributed by atoms with Crippen LogP contribution in [-0.2, 0) is 4.74 Å². The van der Waals surface area contributed by atoms with E-state index >= 15 is 0 Å². The number of ether oxygens (including phenoxy) is 1. The molecule has 25 heavy (non-hydrogen) atoms. The fraction of sp³-hybridized carbons (Fsp3) is 0.722. The molecule has 0 saturated carbocycles. The Labute approximate surface area is 147 Å². The van der Waals surface area contributed by atoms with Crippen LogP contribution in [0.4, 0.5) is 18.0 Å². The quantitative estimate of drug-likeness (QED) is 0.821. The number of halogens is 3. The molecular weight excluding hydrogens is 333 g/mol. The second kappa shape index (κ2) is 7.81. The lowest BCUT2D eigenvalue weighted by atomic mass is 9.93. The fourth-order valence-corrected chi connectivity index (χ4v) is 3.00. The topological polar surface area (TPSA) is 41.6 Å². The summed E-state index contributed by atoms with van der Waals surface area (Å²) in [5, 5.41) is 3.37. The summed E-state index contributed by atoms with van der Waals surface area (Å²) in [6.07, 6.45) is 0.295. The second-order valence-electron chi connectivity index (χ2n) is 7.63. The number of nitrogens with zero attached hydrogens (tertiary/aromatic N) is 1. The van der Waals surface area contributed by atoms with Crippen LogP contribution in [0.3, 0.4) is 0 Å². The van der Waals surface area contributed by atoms with Crippen molar-refractivity contribution in [3.05, 3.63) is 23.3 Å². The van der Waals surface area contributed by atoms with Gasteiger partial charge in [0.15, 0.2) is 0 Å². The predicted octanol–water partition coefficient (Wildman–Crippen LogP) is 4.18. The molecular formula is C18H27F3N2O2. The molecule has 142 valence electrons. The van der Waals surface area contributed by atoms with Crippen LogP contribution in [0.15, 0.2) is 23.3 Å². The molecule has 1 aliphatic heterocycles. The van der Waals surface area contributed by atoms with Gasteiger partial charge in [0.05, 0.1) is 0 Å². The van der Waals surface area contributed by atoms with Gasteiger partial charge in [-0.15, -0.1) is 0 Å². The molecule has 1 aliphatic carbocycles. The van der Waals surface area contributed by atoms with Gasteiger partial charge in [-0.3, -0.25) is 0 Å². The first-order valence-electron chi connectivity index (χ1n) is 8.72. The van der Waals surface area contributed by atoms with E-state index in [1.807, 2.05) is 20.8 Å². The Balaban J connectivity index is 1.83. The summed E-state index contributed by atoms with van der Waals surface area (Å²) < 4.78 is 43.3. The first-order valence-corrected chi connectivity index (χ1v) is 8.72. The van der Waals surface area contributed by atoms with Crippen LogP contribution in [0.2, 0.25) is 0 Å². The van der Waals surface area contributed by atoms with Crippen LogP contribution in [0.1, 0.15) is 46.5 Å². The summed E-state index contributed by atoms with van der Waals surface area (Å²) in [6, 6.07) is 0.134. The van der Waals surface area contributed by atoms with Gasteiger partial charge in [-0.2, -0.15) is 13.2 Å². The average Bonchev–Trinajstić information content (AvgIpc) is 2.51. The number of allylic oxidation sites excluding steroid dienone is 4. The predicted molar refractivity (Wildman–Crippen MR) is 90.3 cm³/mol. The van der Waals surface area contributed by atoms with Crippen molar-refractivity contribution in [3.8, 4) is 0 Å². The molecule has 2 aliphatic rings. The average molecular weight is 360 g/mol. The fourth-order valence-electron chi connectivity index (χ4n) is 3.00. The van der Waals surface area contributed by atoms with Gasteiger partial charge in [0.1, 0.15) is 5.60 Å². The molecule has 0 aromatic heterocycles. The van der Waals surface area contributed by atoms with E-state index in [1.165, 1.54) is 6.08 Å². The number of piperazine rings is 1. The summed E-state index contributed by atoms with van der Waals surface area (Å²) in [5.41, 5.74) is 0.0553. The first kappa shape index (κ1) is 19.8. The van der Waals surface area contributed by atoms with Gasteiger partial charge < -0.3 is 15.0 Å². The van der Waals surface area contributed by atoms with Gasteiger partial charge in [0.2, 0.25) is 0 Å². The van der Waals surface area contributed by atoms with E-state index in [2.05, 4.69) is 5.32 Å². The van der Waals surface area contributed by atoms with Gasteiger partial charge in [0, 0.05) is 31.2 Å². The Hall–Kier alpha value is -1.50. The maximum absolute atomic E-state index is 12.6. The molecule has 1 N–H and O–H groups in total. The minimum absolute atomic E-state index is 0.0530. The number of hydrogen-bond donors (Lipinski definition) is 1. The molecule has 0 bridgehead atoms. The van der Waals surface area contributed by atoms with E-state index in [9.17, 15) is 18.0 Å². The van der Waals surface area contributed by atoms with Crippen LogP contribution < -0.4 is 5.32 Å². The lowest BCUT2D eigenvalue weighted by Crippen LogP contribution is -2.53. The number of nitrogens with one attached hydrogen (secondary N) is 1. The number of amides is 1. The number of rotatable bonds is 3. The zero-order valence-electron chi connectivity index (χ0n) is 15.1. The van der Waals surface area contributed by atoms with Gasteiger partial charge >= 0.3 is 12.3 Å². The van der Waals surface area contributed by atoms with Gasteiger partial charge in [-0.25, -0.2) is 4.79 Å². The molecule has 0 aromatic rings. The van der Waals surface area contributed by atoms with Gasteiger partial charge in [0.25, 0.3) is 0 Å². The second-order valence-corrected chi connectivity index (χ2v) is 7.63. The van der Waals surface area contributed by atoms with Crippen molar-refractivity contribution in [2.24, 2.45) is 0 Å². The lowest BCUT2D eigenvalue weighted by Gasteiger charge is -2.35. The number of carbonyl (C=O) groups is 1. The van der Waals surface area contributed by atoms with E-state index in [-0.39, 0.29) is 18.6 Å². The van der Waals surface area contributed by atoms with Crippen LogP contribution >= 0.6 is 0 Å². The highest BCUT2D eigenvalue weighted by molar-refractivity contribution is 5.68. The highest BCUT2D eigenvalue weighted by Gasteiger charge is 2.34. The summed E-state index contributed by atoms with van der Waals surface area (Å²) in [5.74, 6) is 0. The SMILES string of the molecule is CC(C)(C)OC(=O)N1CCN[C@H](CCC2=CC=C(C(F)(F)F)CC2)C1. The third-order valence-electron chi connectivity index (χ3n) is 4.32.